The van der Waals surface area contributed by atoms with Crippen LogP contribution in [0.4, 0.5) is 5.95 Å². The minimum absolute atomic E-state index is 0.134. The van der Waals surface area contributed by atoms with Crippen LogP contribution in [0.15, 0.2) is 33.9 Å². The van der Waals surface area contributed by atoms with Gasteiger partial charge in [0, 0.05) is 19.3 Å². The van der Waals surface area contributed by atoms with Crippen molar-refractivity contribution in [2.45, 2.75) is 31.8 Å². The van der Waals surface area contributed by atoms with Gasteiger partial charge in [-0.15, -0.1) is 0 Å². The summed E-state index contributed by atoms with van der Waals surface area (Å²) in [4.78, 5) is 31.2. The van der Waals surface area contributed by atoms with Crippen molar-refractivity contribution in [2.24, 2.45) is 0 Å². The van der Waals surface area contributed by atoms with Gasteiger partial charge in [0.1, 0.15) is 0 Å². The summed E-state index contributed by atoms with van der Waals surface area (Å²) in [5.74, 6) is 0.134. The van der Waals surface area contributed by atoms with Crippen LogP contribution in [-0.2, 0) is 4.74 Å². The number of anilines is 1. The topological polar surface area (TPSA) is 113 Å². The Balaban J connectivity index is 1.80. The summed E-state index contributed by atoms with van der Waals surface area (Å²) >= 11 is 0. The highest BCUT2D eigenvalue weighted by Crippen LogP contribution is 2.18. The molecule has 1 saturated heterocycles. The number of ether oxygens (including phenoxy) is 1. The quantitative estimate of drug-likeness (QED) is 0.867. The maximum absolute atomic E-state index is 12.3. The van der Waals surface area contributed by atoms with Crippen molar-refractivity contribution in [2.75, 3.05) is 18.5 Å². The number of nitrogens with zero attached hydrogens (tertiary/aromatic N) is 3. The van der Waals surface area contributed by atoms with Crippen LogP contribution >= 0.6 is 0 Å². The van der Waals surface area contributed by atoms with Gasteiger partial charge in [-0.05, 0) is 37.5 Å². The van der Waals surface area contributed by atoms with Gasteiger partial charge in [-0.3, -0.25) is 4.98 Å². The van der Waals surface area contributed by atoms with E-state index in [0.717, 1.165) is 5.56 Å². The Bertz CT molecular complexity index is 857. The summed E-state index contributed by atoms with van der Waals surface area (Å²) in [6.45, 7) is 2.95. The molecule has 2 N–H and O–H groups in total. The maximum Gasteiger partial charge on any atom is 0.355 e. The van der Waals surface area contributed by atoms with Gasteiger partial charge in [0.15, 0.2) is 0 Å². The van der Waals surface area contributed by atoms with E-state index in [4.69, 9.17) is 10.00 Å². The lowest BCUT2D eigenvalue weighted by atomic mass is 10.1. The fourth-order valence-electron chi connectivity index (χ4n) is 2.89. The molecule has 25 heavy (non-hydrogen) atoms. The molecule has 2 heterocycles. The molecule has 1 aromatic heterocycles. The van der Waals surface area contributed by atoms with Crippen LogP contribution in [0.25, 0.3) is 0 Å². The first-order chi connectivity index (χ1) is 12.1. The summed E-state index contributed by atoms with van der Waals surface area (Å²) < 4.78 is 6.43. The van der Waals surface area contributed by atoms with Crippen molar-refractivity contribution < 1.29 is 4.74 Å². The number of nitrogens with one attached hydrogen (secondary N) is 2. The Labute approximate surface area is 144 Å². The van der Waals surface area contributed by atoms with Crippen molar-refractivity contribution in [3.8, 4) is 6.07 Å². The third-order valence-electron chi connectivity index (χ3n) is 4.31. The molecule has 2 aromatic rings. The van der Waals surface area contributed by atoms with E-state index in [0.29, 0.717) is 31.6 Å². The normalized spacial score (nSPS) is 16.2. The number of nitriles is 1. The van der Waals surface area contributed by atoms with Crippen molar-refractivity contribution in [1.82, 2.24) is 14.5 Å². The second kappa shape index (κ2) is 7.32. The van der Waals surface area contributed by atoms with Gasteiger partial charge in [0.05, 0.1) is 17.7 Å². The zero-order chi connectivity index (χ0) is 17.8. The predicted octanol–water partition coefficient (Wildman–Crippen LogP) is 1.33. The number of hydrogen-bond acceptors (Lipinski definition) is 6. The minimum atomic E-state index is -0.565. The maximum atomic E-state index is 12.3. The van der Waals surface area contributed by atoms with E-state index >= 15 is 0 Å². The number of hydrogen-bond donors (Lipinski definition) is 2. The van der Waals surface area contributed by atoms with Gasteiger partial charge in [-0.2, -0.15) is 10.2 Å². The summed E-state index contributed by atoms with van der Waals surface area (Å²) in [5, 5.41) is 11.9. The molecule has 1 aromatic carbocycles. The zero-order valence-electron chi connectivity index (χ0n) is 13.9. The number of H-pyrrole nitrogens is 1. The van der Waals surface area contributed by atoms with Crippen LogP contribution in [0.2, 0.25) is 0 Å². The molecule has 0 aliphatic carbocycles. The molecule has 0 unspecified atom stereocenters. The summed E-state index contributed by atoms with van der Waals surface area (Å²) in [7, 11) is 0. The molecule has 0 amide bonds. The lowest BCUT2D eigenvalue weighted by Crippen LogP contribution is -2.42. The molecule has 0 radical (unpaired) electrons. The highest BCUT2D eigenvalue weighted by molar-refractivity contribution is 5.36. The number of benzene rings is 1. The Hall–Kier alpha value is -2.92. The average molecular weight is 341 g/mol. The van der Waals surface area contributed by atoms with Crippen LogP contribution in [0.1, 0.15) is 43.0 Å². The lowest BCUT2D eigenvalue weighted by Gasteiger charge is -2.23. The molecule has 3 rings (SSSR count). The second-order valence-corrected chi connectivity index (χ2v) is 5.99. The van der Waals surface area contributed by atoms with Gasteiger partial charge >= 0.3 is 11.4 Å². The highest BCUT2D eigenvalue weighted by Gasteiger charge is 2.20. The first-order valence-corrected chi connectivity index (χ1v) is 8.15. The van der Waals surface area contributed by atoms with E-state index in [9.17, 15) is 9.59 Å². The standard InChI is InChI=1S/C17H19N5O3/c1-11(13-4-2-12(10-18)3-5-13)19-15-20-16(23)22(17(24)21-15)14-6-8-25-9-7-14/h2-5,11,14H,6-9H2,1H3,(H2,19,20,21,23,24)/t11-/m0/s1. The van der Waals surface area contributed by atoms with Crippen molar-refractivity contribution >= 4 is 5.95 Å². The monoisotopic (exact) mass is 341 g/mol. The first-order valence-electron chi connectivity index (χ1n) is 8.15. The van der Waals surface area contributed by atoms with Crippen molar-refractivity contribution in [1.29, 1.82) is 5.26 Å². The molecular formula is C17H19N5O3. The van der Waals surface area contributed by atoms with Crippen molar-refractivity contribution in [3.63, 3.8) is 0 Å². The van der Waals surface area contributed by atoms with Crippen LogP contribution in [0.5, 0.6) is 0 Å². The molecule has 1 aliphatic heterocycles. The van der Waals surface area contributed by atoms with Gasteiger partial charge < -0.3 is 10.1 Å². The summed E-state index contributed by atoms with van der Waals surface area (Å²) in [6, 6.07) is 8.76. The highest BCUT2D eigenvalue weighted by atomic mass is 16.5. The molecular weight excluding hydrogens is 322 g/mol. The van der Waals surface area contributed by atoms with Crippen LogP contribution < -0.4 is 16.7 Å². The Morgan fingerprint density at radius 2 is 2.00 bits per heavy atom. The van der Waals surface area contributed by atoms with Crippen LogP contribution in [0, 0.1) is 11.3 Å². The number of rotatable bonds is 4. The third-order valence-corrected chi connectivity index (χ3v) is 4.31. The van der Waals surface area contributed by atoms with Crippen LogP contribution in [0.3, 0.4) is 0 Å². The molecule has 0 spiro atoms. The lowest BCUT2D eigenvalue weighted by molar-refractivity contribution is 0.0670. The summed E-state index contributed by atoms with van der Waals surface area (Å²) in [5.41, 5.74) is 0.448. The Kier molecular flexibility index (Phi) is 4.95. The first kappa shape index (κ1) is 16.9. The van der Waals surface area contributed by atoms with Crippen molar-refractivity contribution in [3.05, 3.63) is 56.4 Å². The molecule has 8 heteroatoms. The second-order valence-electron chi connectivity index (χ2n) is 5.99. The number of aromatic nitrogens is 3. The zero-order valence-corrected chi connectivity index (χ0v) is 13.9. The molecule has 1 aliphatic rings. The smallest absolute Gasteiger partial charge is 0.355 e. The molecule has 130 valence electrons. The Morgan fingerprint density at radius 1 is 1.32 bits per heavy atom. The van der Waals surface area contributed by atoms with Gasteiger partial charge in [-0.25, -0.2) is 14.2 Å². The molecule has 1 atom stereocenters. The van der Waals surface area contributed by atoms with E-state index in [2.05, 4.69) is 21.4 Å². The Morgan fingerprint density at radius 3 is 2.60 bits per heavy atom. The van der Waals surface area contributed by atoms with Gasteiger partial charge in [0.2, 0.25) is 5.95 Å². The molecule has 0 bridgehead atoms. The SMILES string of the molecule is C[C@H](Nc1nc(=O)n(C2CCOCC2)c(=O)[nH]1)c1ccc(C#N)cc1. The van der Waals surface area contributed by atoms with Crippen LogP contribution in [-0.4, -0.2) is 27.7 Å². The van der Waals surface area contributed by atoms with Gasteiger partial charge in [-0.1, -0.05) is 12.1 Å². The van der Waals surface area contributed by atoms with E-state index in [1.54, 1.807) is 12.1 Å². The number of aromatic amines is 1. The van der Waals surface area contributed by atoms with E-state index in [-0.39, 0.29) is 18.0 Å². The molecule has 0 saturated carbocycles. The van der Waals surface area contributed by atoms with Gasteiger partial charge in [0.25, 0.3) is 0 Å². The summed E-state index contributed by atoms with van der Waals surface area (Å²) in [6.07, 6.45) is 1.25. The van der Waals surface area contributed by atoms with E-state index < -0.39 is 11.4 Å². The average Bonchev–Trinajstić information content (AvgIpc) is 2.62. The molecule has 8 nitrogen and oxygen atoms in total. The molecule has 1 fully saturated rings. The fourth-order valence-corrected chi connectivity index (χ4v) is 2.89. The minimum Gasteiger partial charge on any atom is -0.381 e. The third kappa shape index (κ3) is 3.78. The van der Waals surface area contributed by atoms with E-state index in [1.807, 2.05) is 19.1 Å². The largest absolute Gasteiger partial charge is 0.381 e. The predicted molar refractivity (Wildman–Crippen MR) is 91.4 cm³/mol. The van der Waals surface area contributed by atoms with E-state index in [1.165, 1.54) is 4.57 Å². The fraction of sp³-hybridized carbons (Fsp3) is 0.412.